The first kappa shape index (κ1) is 16.2. The summed E-state index contributed by atoms with van der Waals surface area (Å²) in [7, 11) is 0. The van der Waals surface area contributed by atoms with E-state index < -0.39 is 0 Å². The number of aryl methyl sites for hydroxylation is 1. The van der Waals surface area contributed by atoms with Crippen molar-refractivity contribution in [2.45, 2.75) is 52.0 Å². The molecule has 1 aromatic heterocycles. The van der Waals surface area contributed by atoms with Crippen molar-refractivity contribution in [2.75, 3.05) is 0 Å². The molecule has 1 amide bonds. The van der Waals surface area contributed by atoms with Crippen LogP contribution in [0.2, 0.25) is 0 Å². The van der Waals surface area contributed by atoms with E-state index in [1.165, 1.54) is 0 Å². The van der Waals surface area contributed by atoms with E-state index in [1.54, 1.807) is 0 Å². The molecule has 22 heavy (non-hydrogen) atoms. The van der Waals surface area contributed by atoms with Crippen LogP contribution < -0.4 is 5.32 Å². The molecule has 0 aliphatic heterocycles. The van der Waals surface area contributed by atoms with Crippen molar-refractivity contribution in [1.29, 1.82) is 0 Å². The Hall–Kier alpha value is -2.17. The lowest BCUT2D eigenvalue weighted by atomic mass is 9.96. The Morgan fingerprint density at radius 3 is 2.55 bits per heavy atom. The van der Waals surface area contributed by atoms with E-state index in [-0.39, 0.29) is 17.4 Å². The molecule has 0 fully saturated rings. The van der Waals surface area contributed by atoms with Crippen LogP contribution in [-0.2, 0) is 16.6 Å². The van der Waals surface area contributed by atoms with Crippen LogP contribution in [0, 0.1) is 0 Å². The molecule has 1 heterocycles. The van der Waals surface area contributed by atoms with E-state index in [4.69, 9.17) is 4.52 Å². The summed E-state index contributed by atoms with van der Waals surface area (Å²) >= 11 is 0. The van der Waals surface area contributed by atoms with Crippen LogP contribution >= 0.6 is 0 Å². The summed E-state index contributed by atoms with van der Waals surface area (Å²) < 4.78 is 5.19. The summed E-state index contributed by atoms with van der Waals surface area (Å²) in [5, 5.41) is 6.93. The van der Waals surface area contributed by atoms with Gasteiger partial charge in [0, 0.05) is 18.3 Å². The number of hydrogen-bond donors (Lipinski definition) is 1. The zero-order chi connectivity index (χ0) is 16.2. The normalized spacial score (nSPS) is 12.9. The quantitative estimate of drug-likeness (QED) is 0.921. The molecule has 0 saturated carbocycles. The minimum Gasteiger partial charge on any atom is -0.350 e. The number of nitrogens with one attached hydrogen (secondary N) is 1. The minimum absolute atomic E-state index is 0.0125. The van der Waals surface area contributed by atoms with Crippen LogP contribution in [-0.4, -0.2) is 16.0 Å². The van der Waals surface area contributed by atoms with Crippen molar-refractivity contribution in [3.8, 4) is 0 Å². The fourth-order valence-electron chi connectivity index (χ4n) is 2.02. The third-order valence-corrected chi connectivity index (χ3v) is 3.38. The van der Waals surface area contributed by atoms with Crippen LogP contribution in [0.25, 0.3) is 0 Å². The Morgan fingerprint density at radius 1 is 1.27 bits per heavy atom. The molecular weight excluding hydrogens is 278 g/mol. The first-order chi connectivity index (χ1) is 10.4. The Morgan fingerprint density at radius 2 is 1.95 bits per heavy atom. The molecule has 5 nitrogen and oxygen atoms in total. The predicted molar refractivity (Wildman–Crippen MR) is 84.3 cm³/mol. The van der Waals surface area contributed by atoms with Crippen LogP contribution in [0.4, 0.5) is 0 Å². The molecule has 0 aliphatic rings. The fourth-order valence-corrected chi connectivity index (χ4v) is 2.02. The van der Waals surface area contributed by atoms with Gasteiger partial charge in [-0.05, 0) is 12.5 Å². The smallest absolute Gasteiger partial charge is 0.227 e. The van der Waals surface area contributed by atoms with Crippen molar-refractivity contribution < 1.29 is 9.32 Å². The van der Waals surface area contributed by atoms with Crippen molar-refractivity contribution in [3.63, 3.8) is 0 Å². The summed E-state index contributed by atoms with van der Waals surface area (Å²) in [4.78, 5) is 16.3. The van der Waals surface area contributed by atoms with E-state index >= 15 is 0 Å². The van der Waals surface area contributed by atoms with Gasteiger partial charge >= 0.3 is 0 Å². The first-order valence-electron chi connectivity index (χ1n) is 7.53. The number of hydrogen-bond acceptors (Lipinski definition) is 4. The summed E-state index contributed by atoms with van der Waals surface area (Å²) in [6.45, 7) is 8.04. The average Bonchev–Trinajstić information content (AvgIpc) is 2.95. The Labute approximate surface area is 131 Å². The Bertz CT molecular complexity index is 614. The molecule has 118 valence electrons. The highest BCUT2D eigenvalue weighted by atomic mass is 16.5. The molecular formula is C17H23N3O2. The SMILES string of the molecule is CC(NC(=O)CCc1nc(C(C)(C)C)no1)c1ccccc1. The third kappa shape index (κ3) is 4.41. The standard InChI is InChI=1S/C17H23N3O2/c1-12(13-8-6-5-7-9-13)18-14(21)10-11-15-19-16(20-22-15)17(2,3)4/h5-9,12H,10-11H2,1-4H3,(H,18,21). The lowest BCUT2D eigenvalue weighted by molar-refractivity contribution is -0.121. The molecule has 2 rings (SSSR count). The van der Waals surface area contributed by atoms with Crippen molar-refractivity contribution in [1.82, 2.24) is 15.5 Å². The van der Waals surface area contributed by atoms with Crippen LogP contribution in [0.15, 0.2) is 34.9 Å². The molecule has 1 atom stereocenters. The highest BCUT2D eigenvalue weighted by molar-refractivity contribution is 5.76. The van der Waals surface area contributed by atoms with Crippen LogP contribution in [0.3, 0.4) is 0 Å². The van der Waals surface area contributed by atoms with Gasteiger partial charge in [-0.2, -0.15) is 4.98 Å². The van der Waals surface area contributed by atoms with Gasteiger partial charge in [0.25, 0.3) is 0 Å². The first-order valence-corrected chi connectivity index (χ1v) is 7.53. The maximum absolute atomic E-state index is 12.0. The van der Waals surface area contributed by atoms with Crippen LogP contribution in [0.5, 0.6) is 0 Å². The molecule has 0 aliphatic carbocycles. The summed E-state index contributed by atoms with van der Waals surface area (Å²) in [6, 6.07) is 9.87. The van der Waals surface area contributed by atoms with Gasteiger partial charge in [0.2, 0.25) is 11.8 Å². The van der Waals surface area contributed by atoms with Gasteiger partial charge in [-0.3, -0.25) is 4.79 Å². The zero-order valence-corrected chi connectivity index (χ0v) is 13.6. The number of rotatable bonds is 5. The zero-order valence-electron chi connectivity index (χ0n) is 13.6. The van der Waals surface area contributed by atoms with Gasteiger partial charge in [0.1, 0.15) is 0 Å². The average molecular weight is 301 g/mol. The Kier molecular flexibility index (Phi) is 4.96. The van der Waals surface area contributed by atoms with E-state index in [0.29, 0.717) is 24.6 Å². The summed E-state index contributed by atoms with van der Waals surface area (Å²) in [5.74, 6) is 1.15. The molecule has 1 aromatic carbocycles. The largest absolute Gasteiger partial charge is 0.350 e. The maximum atomic E-state index is 12.0. The third-order valence-electron chi connectivity index (χ3n) is 3.38. The van der Waals surface area contributed by atoms with Gasteiger partial charge in [0.05, 0.1) is 6.04 Å². The minimum atomic E-state index is -0.147. The fraction of sp³-hybridized carbons (Fsp3) is 0.471. The number of carbonyl (C=O) groups is 1. The van der Waals surface area contributed by atoms with Gasteiger partial charge in [-0.15, -0.1) is 0 Å². The van der Waals surface area contributed by atoms with Gasteiger partial charge in [-0.25, -0.2) is 0 Å². The van der Waals surface area contributed by atoms with Gasteiger partial charge in [-0.1, -0.05) is 56.3 Å². The van der Waals surface area contributed by atoms with E-state index in [2.05, 4.69) is 15.5 Å². The number of aromatic nitrogens is 2. The molecule has 0 bridgehead atoms. The summed E-state index contributed by atoms with van der Waals surface area (Å²) in [5.41, 5.74) is 0.940. The molecule has 0 radical (unpaired) electrons. The lowest BCUT2D eigenvalue weighted by Crippen LogP contribution is -2.26. The monoisotopic (exact) mass is 301 g/mol. The number of nitrogens with zero attached hydrogens (tertiary/aromatic N) is 2. The van der Waals surface area contributed by atoms with E-state index in [9.17, 15) is 4.79 Å². The van der Waals surface area contributed by atoms with Crippen molar-refractivity contribution >= 4 is 5.91 Å². The van der Waals surface area contributed by atoms with Crippen molar-refractivity contribution in [2.24, 2.45) is 0 Å². The summed E-state index contributed by atoms with van der Waals surface area (Å²) in [6.07, 6.45) is 0.791. The molecule has 2 aromatic rings. The second-order valence-corrected chi connectivity index (χ2v) is 6.46. The molecule has 1 N–H and O–H groups in total. The number of benzene rings is 1. The topological polar surface area (TPSA) is 68.0 Å². The van der Waals surface area contributed by atoms with Gasteiger partial charge < -0.3 is 9.84 Å². The molecule has 5 heteroatoms. The maximum Gasteiger partial charge on any atom is 0.227 e. The molecule has 0 saturated heterocycles. The van der Waals surface area contributed by atoms with Gasteiger partial charge in [0.15, 0.2) is 5.82 Å². The number of amides is 1. The second-order valence-electron chi connectivity index (χ2n) is 6.46. The van der Waals surface area contributed by atoms with Crippen molar-refractivity contribution in [3.05, 3.63) is 47.6 Å². The van der Waals surface area contributed by atoms with E-state index in [0.717, 1.165) is 5.56 Å². The molecule has 0 spiro atoms. The van der Waals surface area contributed by atoms with Crippen LogP contribution in [0.1, 0.15) is 57.4 Å². The number of carbonyl (C=O) groups excluding carboxylic acids is 1. The molecule has 1 unspecified atom stereocenters. The highest BCUT2D eigenvalue weighted by Crippen LogP contribution is 2.19. The predicted octanol–water partition coefficient (Wildman–Crippen LogP) is 3.18. The lowest BCUT2D eigenvalue weighted by Gasteiger charge is -2.13. The second kappa shape index (κ2) is 6.73. The Balaban J connectivity index is 1.84. The highest BCUT2D eigenvalue weighted by Gasteiger charge is 2.21. The van der Waals surface area contributed by atoms with E-state index in [1.807, 2.05) is 58.0 Å².